The average molecular weight is 250 g/mol. The van der Waals surface area contributed by atoms with Crippen LogP contribution in [0.25, 0.3) is 0 Å². The first-order valence-electron chi connectivity index (χ1n) is 4.76. The number of rotatable bonds is 5. The summed E-state index contributed by atoms with van der Waals surface area (Å²) < 4.78 is 0. The molecule has 1 N–H and O–H groups in total. The van der Waals surface area contributed by atoms with E-state index < -0.39 is 0 Å². The fourth-order valence-electron chi connectivity index (χ4n) is 1.32. The molecule has 3 nitrogen and oxygen atoms in total. The lowest BCUT2D eigenvalue weighted by Crippen LogP contribution is -2.39. The predicted molar refractivity (Wildman–Crippen MR) is 54.8 cm³/mol. The van der Waals surface area contributed by atoms with Gasteiger partial charge in [0, 0.05) is 12.6 Å². The van der Waals surface area contributed by atoms with Gasteiger partial charge in [-0.1, -0.05) is 22.9 Å². The maximum atomic E-state index is 11.7. The molecule has 0 aromatic carbocycles. The Morgan fingerprint density at radius 1 is 1.69 bits per heavy atom. The van der Waals surface area contributed by atoms with Crippen molar-refractivity contribution in [3.05, 3.63) is 0 Å². The van der Waals surface area contributed by atoms with Gasteiger partial charge in [0.1, 0.15) is 0 Å². The zero-order valence-corrected chi connectivity index (χ0v) is 9.46. The number of amides is 1. The molecule has 1 rings (SSSR count). The van der Waals surface area contributed by atoms with E-state index in [0.717, 1.165) is 19.3 Å². The van der Waals surface area contributed by atoms with Crippen LogP contribution in [0.1, 0.15) is 26.2 Å². The van der Waals surface area contributed by atoms with E-state index >= 15 is 0 Å². The molecule has 1 fully saturated rings. The van der Waals surface area contributed by atoms with Gasteiger partial charge in [-0.25, -0.2) is 0 Å². The van der Waals surface area contributed by atoms with Crippen LogP contribution in [0.4, 0.5) is 0 Å². The highest BCUT2D eigenvalue weighted by Gasteiger charge is 2.33. The van der Waals surface area contributed by atoms with Crippen LogP contribution in [0, 0.1) is 0 Å². The minimum absolute atomic E-state index is 0.0612. The van der Waals surface area contributed by atoms with Gasteiger partial charge in [-0.2, -0.15) is 0 Å². The Hall–Kier alpha value is -0.0900. The summed E-state index contributed by atoms with van der Waals surface area (Å²) in [6.45, 7) is 2.51. The van der Waals surface area contributed by atoms with E-state index in [0.29, 0.717) is 12.6 Å². The molecule has 0 aromatic rings. The second-order valence-electron chi connectivity index (χ2n) is 3.36. The number of carbonyl (C=O) groups is 1. The van der Waals surface area contributed by atoms with Crippen LogP contribution in [-0.2, 0) is 4.79 Å². The second kappa shape index (κ2) is 4.96. The Bertz CT molecular complexity index is 182. The van der Waals surface area contributed by atoms with Crippen LogP contribution < -0.4 is 0 Å². The molecular weight excluding hydrogens is 234 g/mol. The highest BCUT2D eigenvalue weighted by molar-refractivity contribution is 9.10. The summed E-state index contributed by atoms with van der Waals surface area (Å²) in [7, 11) is 0. The van der Waals surface area contributed by atoms with Gasteiger partial charge in [0.15, 0.2) is 0 Å². The van der Waals surface area contributed by atoms with E-state index in [1.807, 2.05) is 6.92 Å². The van der Waals surface area contributed by atoms with E-state index in [-0.39, 0.29) is 17.3 Å². The van der Waals surface area contributed by atoms with Crippen LogP contribution in [0.15, 0.2) is 0 Å². The van der Waals surface area contributed by atoms with Gasteiger partial charge in [-0.05, 0) is 19.3 Å². The summed E-state index contributed by atoms with van der Waals surface area (Å²) >= 11 is 3.34. The molecule has 0 aromatic heterocycles. The monoisotopic (exact) mass is 249 g/mol. The molecule has 1 aliphatic carbocycles. The summed E-state index contributed by atoms with van der Waals surface area (Å²) in [6.07, 6.45) is 2.98. The molecule has 0 heterocycles. The number of hydrogen-bond acceptors (Lipinski definition) is 2. The molecule has 13 heavy (non-hydrogen) atoms. The second-order valence-corrected chi connectivity index (χ2v) is 4.47. The molecular formula is C9H16BrNO2. The third kappa shape index (κ3) is 2.95. The molecule has 0 bridgehead atoms. The first-order valence-corrected chi connectivity index (χ1v) is 5.67. The van der Waals surface area contributed by atoms with Gasteiger partial charge in [0.25, 0.3) is 0 Å². The molecule has 0 radical (unpaired) electrons. The highest BCUT2D eigenvalue weighted by Crippen LogP contribution is 2.28. The van der Waals surface area contributed by atoms with E-state index in [2.05, 4.69) is 15.9 Å². The van der Waals surface area contributed by atoms with Crippen molar-refractivity contribution in [2.75, 3.05) is 13.2 Å². The highest BCUT2D eigenvalue weighted by atomic mass is 79.9. The van der Waals surface area contributed by atoms with Gasteiger partial charge >= 0.3 is 0 Å². The fourth-order valence-corrected chi connectivity index (χ4v) is 1.58. The summed E-state index contributed by atoms with van der Waals surface area (Å²) in [6, 6.07) is 0.395. The van der Waals surface area contributed by atoms with Gasteiger partial charge in [0.05, 0.1) is 11.4 Å². The van der Waals surface area contributed by atoms with Crippen molar-refractivity contribution in [3.8, 4) is 0 Å². The normalized spacial score (nSPS) is 18.4. The number of nitrogens with zero attached hydrogens (tertiary/aromatic N) is 1. The van der Waals surface area contributed by atoms with Crippen molar-refractivity contribution in [2.24, 2.45) is 0 Å². The lowest BCUT2D eigenvalue weighted by atomic mass is 10.3. The molecule has 1 aliphatic rings. The van der Waals surface area contributed by atoms with Crippen LogP contribution in [0.2, 0.25) is 0 Å². The summed E-state index contributed by atoms with van der Waals surface area (Å²) in [5.41, 5.74) is 0. The number of alkyl halides is 1. The third-order valence-corrected chi connectivity index (χ3v) is 3.28. The summed E-state index contributed by atoms with van der Waals surface area (Å²) in [5.74, 6) is 0.124. The first-order chi connectivity index (χ1) is 6.20. The maximum absolute atomic E-state index is 11.7. The fraction of sp³-hybridized carbons (Fsp3) is 0.889. The zero-order chi connectivity index (χ0) is 9.84. The number of carbonyl (C=O) groups excluding carboxylic acids is 1. The van der Waals surface area contributed by atoms with E-state index in [1.165, 1.54) is 0 Å². The van der Waals surface area contributed by atoms with Crippen molar-refractivity contribution in [3.63, 3.8) is 0 Å². The smallest absolute Gasteiger partial charge is 0.236 e. The van der Waals surface area contributed by atoms with Crippen LogP contribution in [0.3, 0.4) is 0 Å². The minimum atomic E-state index is -0.0837. The van der Waals surface area contributed by atoms with E-state index in [4.69, 9.17) is 5.11 Å². The van der Waals surface area contributed by atoms with Crippen molar-refractivity contribution in [1.29, 1.82) is 0 Å². The molecule has 1 unspecified atom stereocenters. The van der Waals surface area contributed by atoms with Crippen LogP contribution in [0.5, 0.6) is 0 Å². The topological polar surface area (TPSA) is 40.5 Å². The van der Waals surface area contributed by atoms with Gasteiger partial charge < -0.3 is 10.0 Å². The third-order valence-electron chi connectivity index (χ3n) is 2.24. The molecule has 1 amide bonds. The largest absolute Gasteiger partial charge is 0.395 e. The van der Waals surface area contributed by atoms with Crippen LogP contribution >= 0.6 is 15.9 Å². The predicted octanol–water partition coefficient (Wildman–Crippen LogP) is 1.14. The van der Waals surface area contributed by atoms with Crippen molar-refractivity contribution >= 4 is 21.8 Å². The first kappa shape index (κ1) is 11.0. The number of aliphatic hydroxyl groups is 1. The number of aliphatic hydroxyl groups excluding tert-OH is 1. The summed E-state index contributed by atoms with van der Waals surface area (Å²) in [5, 5.41) is 8.81. The lowest BCUT2D eigenvalue weighted by Gasteiger charge is -2.23. The van der Waals surface area contributed by atoms with Crippen LogP contribution in [-0.4, -0.2) is 39.9 Å². The molecule has 0 aliphatic heterocycles. The van der Waals surface area contributed by atoms with E-state index in [9.17, 15) is 4.79 Å². The number of halogens is 1. The lowest BCUT2D eigenvalue weighted by molar-refractivity contribution is -0.131. The van der Waals surface area contributed by atoms with Crippen molar-refractivity contribution in [2.45, 2.75) is 37.1 Å². The Balaban J connectivity index is 2.47. The SMILES string of the molecule is CCC(Br)C(=O)N(CCO)C1CC1. The Morgan fingerprint density at radius 2 is 2.31 bits per heavy atom. The van der Waals surface area contributed by atoms with E-state index in [1.54, 1.807) is 4.90 Å². The molecule has 0 spiro atoms. The van der Waals surface area contributed by atoms with Crippen molar-refractivity contribution in [1.82, 2.24) is 4.90 Å². The Morgan fingerprint density at radius 3 is 2.69 bits per heavy atom. The number of hydrogen-bond donors (Lipinski definition) is 1. The van der Waals surface area contributed by atoms with Gasteiger partial charge in [0.2, 0.25) is 5.91 Å². The molecule has 76 valence electrons. The van der Waals surface area contributed by atoms with Crippen molar-refractivity contribution < 1.29 is 9.90 Å². The minimum Gasteiger partial charge on any atom is -0.395 e. The molecule has 1 saturated carbocycles. The zero-order valence-electron chi connectivity index (χ0n) is 7.87. The van der Waals surface area contributed by atoms with Gasteiger partial charge in [-0.15, -0.1) is 0 Å². The standard InChI is InChI=1S/C9H16BrNO2/c1-2-8(10)9(13)11(5-6-12)7-3-4-7/h7-8,12H,2-6H2,1H3. The quantitative estimate of drug-likeness (QED) is 0.743. The maximum Gasteiger partial charge on any atom is 0.236 e. The molecule has 4 heteroatoms. The Kier molecular flexibility index (Phi) is 4.19. The molecule has 1 atom stereocenters. The summed E-state index contributed by atoms with van der Waals surface area (Å²) in [4.78, 5) is 13.4. The van der Waals surface area contributed by atoms with Gasteiger partial charge in [-0.3, -0.25) is 4.79 Å². The Labute approximate surface area is 87.2 Å². The molecule has 0 saturated heterocycles. The average Bonchev–Trinajstić information content (AvgIpc) is 2.95.